The molecule has 1 amide bonds. The number of halogens is 2. The van der Waals surface area contributed by atoms with E-state index in [-0.39, 0.29) is 16.8 Å². The molecule has 2 aromatic heterocycles. The lowest BCUT2D eigenvalue weighted by Gasteiger charge is -2.22. The number of benzene rings is 2. The number of fused-ring (bicyclic) bond motifs is 2. The zero-order chi connectivity index (χ0) is 19.4. The van der Waals surface area contributed by atoms with E-state index in [9.17, 15) is 9.59 Å². The van der Waals surface area contributed by atoms with E-state index in [1.165, 1.54) is 21.7 Å². The largest absolute Gasteiger partial charge is 0.450 e. The molecule has 0 spiro atoms. The molecule has 1 atom stereocenters. The van der Waals surface area contributed by atoms with E-state index in [0.29, 0.717) is 26.7 Å². The number of amides is 1. The van der Waals surface area contributed by atoms with E-state index >= 15 is 0 Å². The number of hydrogen-bond donors (Lipinski definition) is 0. The molecule has 3 heterocycles. The monoisotopic (exact) mass is 473 g/mol. The molecule has 0 radical (unpaired) electrons. The molecule has 0 fully saturated rings. The average molecular weight is 475 g/mol. The average Bonchev–Trinajstić information content (AvgIpc) is 3.29. The summed E-state index contributed by atoms with van der Waals surface area (Å²) in [4.78, 5) is 28.0. The molecule has 1 aliphatic rings. The van der Waals surface area contributed by atoms with Crippen molar-refractivity contribution in [3.8, 4) is 0 Å². The maximum Gasteiger partial charge on any atom is 0.297 e. The second-order valence-electron chi connectivity index (χ2n) is 6.17. The summed E-state index contributed by atoms with van der Waals surface area (Å²) in [6, 6.07) is 11.5. The van der Waals surface area contributed by atoms with Crippen molar-refractivity contribution in [3.05, 3.63) is 84.6 Å². The van der Waals surface area contributed by atoms with Crippen molar-refractivity contribution in [1.82, 2.24) is 10.2 Å². The summed E-state index contributed by atoms with van der Waals surface area (Å²) in [6.07, 6.45) is 0. The number of anilines is 1. The van der Waals surface area contributed by atoms with Crippen molar-refractivity contribution in [2.24, 2.45) is 0 Å². The van der Waals surface area contributed by atoms with Crippen molar-refractivity contribution in [2.45, 2.75) is 6.04 Å². The van der Waals surface area contributed by atoms with Crippen LogP contribution in [0.5, 0.6) is 0 Å². The Kier molecular flexibility index (Phi) is 4.08. The van der Waals surface area contributed by atoms with Gasteiger partial charge in [-0.1, -0.05) is 51.0 Å². The van der Waals surface area contributed by atoms with Gasteiger partial charge in [-0.2, -0.15) is 0 Å². The lowest BCUT2D eigenvalue weighted by Crippen LogP contribution is -2.29. The minimum atomic E-state index is -0.700. The molecule has 4 aromatic rings. The molecule has 0 saturated carbocycles. The molecular formula is C19H9BrClN3O3S. The molecule has 9 heteroatoms. The van der Waals surface area contributed by atoms with Crippen LogP contribution >= 0.6 is 38.9 Å². The Labute approximate surface area is 175 Å². The third-order valence-corrected chi connectivity index (χ3v) is 5.97. The minimum absolute atomic E-state index is 0.0139. The molecular weight excluding hydrogens is 466 g/mol. The fourth-order valence-corrected chi connectivity index (χ4v) is 4.55. The molecule has 6 nitrogen and oxygen atoms in total. The summed E-state index contributed by atoms with van der Waals surface area (Å²) < 4.78 is 6.62. The molecule has 28 heavy (non-hydrogen) atoms. The number of nitrogens with zero attached hydrogens (tertiary/aromatic N) is 3. The van der Waals surface area contributed by atoms with Crippen molar-refractivity contribution >= 4 is 60.9 Å². The normalized spacial score (nSPS) is 16.0. The maximum atomic E-state index is 13.4. The van der Waals surface area contributed by atoms with Gasteiger partial charge in [-0.25, -0.2) is 0 Å². The van der Waals surface area contributed by atoms with Crippen LogP contribution in [0.2, 0.25) is 5.02 Å². The summed E-state index contributed by atoms with van der Waals surface area (Å²) >= 11 is 10.8. The summed E-state index contributed by atoms with van der Waals surface area (Å²) in [5.41, 5.74) is 2.58. The lowest BCUT2D eigenvalue weighted by molar-refractivity contribution is 0.0970. The highest BCUT2D eigenvalue weighted by Crippen LogP contribution is 2.42. The maximum absolute atomic E-state index is 13.4. The minimum Gasteiger partial charge on any atom is -0.450 e. The van der Waals surface area contributed by atoms with E-state index in [2.05, 4.69) is 26.1 Å². The highest BCUT2D eigenvalue weighted by atomic mass is 79.9. The van der Waals surface area contributed by atoms with E-state index in [0.717, 1.165) is 4.47 Å². The molecule has 2 aromatic carbocycles. The Bertz CT molecular complexity index is 1310. The van der Waals surface area contributed by atoms with Gasteiger partial charge < -0.3 is 4.42 Å². The highest BCUT2D eigenvalue weighted by Gasteiger charge is 2.45. The number of rotatable bonds is 2. The first-order chi connectivity index (χ1) is 13.5. The Morgan fingerprint density at radius 2 is 2.04 bits per heavy atom. The molecule has 0 bridgehead atoms. The van der Waals surface area contributed by atoms with Gasteiger partial charge in [-0.05, 0) is 35.9 Å². The van der Waals surface area contributed by atoms with Crippen molar-refractivity contribution in [3.63, 3.8) is 0 Å². The fourth-order valence-electron chi connectivity index (χ4n) is 3.41. The molecule has 0 aliphatic carbocycles. The van der Waals surface area contributed by atoms with E-state index < -0.39 is 11.9 Å². The van der Waals surface area contributed by atoms with Gasteiger partial charge in [0.15, 0.2) is 5.43 Å². The second kappa shape index (κ2) is 6.51. The third-order valence-electron chi connectivity index (χ3n) is 4.55. The predicted molar refractivity (Wildman–Crippen MR) is 110 cm³/mol. The Morgan fingerprint density at radius 3 is 2.79 bits per heavy atom. The van der Waals surface area contributed by atoms with Crippen LogP contribution in [0, 0.1) is 0 Å². The first kappa shape index (κ1) is 17.5. The first-order valence-corrected chi connectivity index (χ1v) is 10.2. The zero-order valence-electron chi connectivity index (χ0n) is 13.9. The first-order valence-electron chi connectivity index (χ1n) is 8.16. The summed E-state index contributed by atoms with van der Waals surface area (Å²) in [5, 5.41) is 9.14. The lowest BCUT2D eigenvalue weighted by atomic mass is 9.99. The Balaban J connectivity index is 1.85. The van der Waals surface area contributed by atoms with Crippen LogP contribution in [-0.4, -0.2) is 16.1 Å². The molecule has 5 rings (SSSR count). The van der Waals surface area contributed by atoms with Gasteiger partial charge in [0.25, 0.3) is 5.91 Å². The van der Waals surface area contributed by atoms with Gasteiger partial charge in [-0.15, -0.1) is 10.2 Å². The van der Waals surface area contributed by atoms with Crippen molar-refractivity contribution in [2.75, 3.05) is 4.90 Å². The predicted octanol–water partition coefficient (Wildman–Crippen LogP) is 4.81. The van der Waals surface area contributed by atoms with Gasteiger partial charge >= 0.3 is 0 Å². The van der Waals surface area contributed by atoms with Crippen LogP contribution in [0.3, 0.4) is 0 Å². The smallest absolute Gasteiger partial charge is 0.297 e. The van der Waals surface area contributed by atoms with Gasteiger partial charge in [0.05, 0.1) is 17.0 Å². The van der Waals surface area contributed by atoms with Crippen molar-refractivity contribution < 1.29 is 9.21 Å². The molecule has 138 valence electrons. The molecule has 0 N–H and O–H groups in total. The quantitative estimate of drug-likeness (QED) is 0.417. The van der Waals surface area contributed by atoms with Gasteiger partial charge in [0.2, 0.25) is 10.9 Å². The molecule has 1 unspecified atom stereocenters. The number of aromatic nitrogens is 2. The zero-order valence-corrected chi connectivity index (χ0v) is 17.1. The van der Waals surface area contributed by atoms with Crippen LogP contribution < -0.4 is 10.3 Å². The van der Waals surface area contributed by atoms with Gasteiger partial charge in [0.1, 0.15) is 11.1 Å². The van der Waals surface area contributed by atoms with Crippen LogP contribution in [0.4, 0.5) is 5.13 Å². The standard InChI is InChI=1S/C19H9BrClN3O3S/c20-10-4-5-13-12(7-10)16(25)14-15(9-2-1-3-11(21)6-9)24(18(26)17(14)27-13)19-23-22-8-28-19/h1-8,15H. The number of hydrogen-bond acceptors (Lipinski definition) is 6. The van der Waals surface area contributed by atoms with Crippen LogP contribution in [0.1, 0.15) is 27.7 Å². The Hall–Kier alpha value is -2.55. The van der Waals surface area contributed by atoms with Crippen LogP contribution in [0.15, 0.2) is 61.7 Å². The number of carbonyl (C=O) groups excluding carboxylic acids is 1. The van der Waals surface area contributed by atoms with Crippen LogP contribution in [-0.2, 0) is 0 Å². The van der Waals surface area contributed by atoms with E-state index in [1.807, 2.05) is 6.07 Å². The summed E-state index contributed by atoms with van der Waals surface area (Å²) in [5.74, 6) is -0.418. The SMILES string of the molecule is O=C1c2oc3ccc(Br)cc3c(=O)c2C(c2cccc(Cl)c2)N1c1nncs1. The molecule has 0 saturated heterocycles. The van der Waals surface area contributed by atoms with E-state index in [4.69, 9.17) is 16.0 Å². The van der Waals surface area contributed by atoms with E-state index in [1.54, 1.807) is 36.4 Å². The second-order valence-corrected chi connectivity index (χ2v) is 8.33. The van der Waals surface area contributed by atoms with Crippen LogP contribution in [0.25, 0.3) is 11.0 Å². The van der Waals surface area contributed by atoms with Gasteiger partial charge in [-0.3, -0.25) is 14.5 Å². The summed E-state index contributed by atoms with van der Waals surface area (Å²) in [7, 11) is 0. The van der Waals surface area contributed by atoms with Gasteiger partial charge in [0, 0.05) is 9.50 Å². The highest BCUT2D eigenvalue weighted by molar-refractivity contribution is 9.10. The number of carbonyl (C=O) groups is 1. The topological polar surface area (TPSA) is 76.3 Å². The van der Waals surface area contributed by atoms with Crippen molar-refractivity contribution in [1.29, 1.82) is 0 Å². The molecule has 1 aliphatic heterocycles. The fraction of sp³-hybridized carbons (Fsp3) is 0.0526. The summed E-state index contributed by atoms with van der Waals surface area (Å²) in [6.45, 7) is 0. The third kappa shape index (κ3) is 2.60. The Morgan fingerprint density at radius 1 is 1.18 bits per heavy atom.